The number of carbonyl (C=O) groups is 1. The average Bonchev–Trinajstić information content (AvgIpc) is 2.86. The summed E-state index contributed by atoms with van der Waals surface area (Å²) >= 11 is 0. The molecule has 7 nitrogen and oxygen atoms in total. The molecule has 1 aliphatic carbocycles. The fraction of sp³-hybridized carbons (Fsp3) is 0.667. The van der Waals surface area contributed by atoms with Crippen molar-refractivity contribution in [2.45, 2.75) is 49.6 Å². The number of aryl methyl sites for hydroxylation is 2. The van der Waals surface area contributed by atoms with Crippen LogP contribution in [0.4, 0.5) is 0 Å². The molecule has 0 radical (unpaired) electrons. The van der Waals surface area contributed by atoms with Gasteiger partial charge in [-0.2, -0.15) is 0 Å². The Labute approximate surface area is 118 Å². The third-order valence-electron chi connectivity index (χ3n) is 3.76. The lowest BCUT2D eigenvalue weighted by molar-refractivity contribution is -0.138. The van der Waals surface area contributed by atoms with E-state index in [2.05, 4.69) is 9.71 Å². The number of sulfonamides is 1. The van der Waals surface area contributed by atoms with Gasteiger partial charge < -0.3 is 9.67 Å². The number of nitrogens with one attached hydrogen (secondary N) is 1. The summed E-state index contributed by atoms with van der Waals surface area (Å²) in [6.07, 6.45) is 3.99. The van der Waals surface area contributed by atoms with Crippen molar-refractivity contribution in [3.63, 3.8) is 0 Å². The SMILES string of the molecule is Cc1nc(S(=O)(=O)NC2(CC(=O)O)CCCC2)cn1C. The highest BCUT2D eigenvalue weighted by atomic mass is 32.2. The van der Waals surface area contributed by atoms with Gasteiger partial charge in [-0.25, -0.2) is 18.1 Å². The van der Waals surface area contributed by atoms with Crippen LogP contribution >= 0.6 is 0 Å². The zero-order valence-electron chi connectivity index (χ0n) is 11.6. The van der Waals surface area contributed by atoms with Crippen molar-refractivity contribution in [3.05, 3.63) is 12.0 Å². The minimum atomic E-state index is -3.79. The van der Waals surface area contributed by atoms with Gasteiger partial charge in [0.25, 0.3) is 10.0 Å². The molecule has 0 atom stereocenters. The van der Waals surface area contributed by atoms with E-state index in [-0.39, 0.29) is 11.4 Å². The summed E-state index contributed by atoms with van der Waals surface area (Å²) in [6, 6.07) is 0. The van der Waals surface area contributed by atoms with Crippen molar-refractivity contribution >= 4 is 16.0 Å². The predicted octanol–water partition coefficient (Wildman–Crippen LogP) is 0.794. The molecule has 0 amide bonds. The molecule has 1 aromatic rings. The van der Waals surface area contributed by atoms with Crippen molar-refractivity contribution < 1.29 is 18.3 Å². The van der Waals surface area contributed by atoms with Crippen molar-refractivity contribution in [1.82, 2.24) is 14.3 Å². The molecular formula is C12H19N3O4S. The molecule has 0 aliphatic heterocycles. The van der Waals surface area contributed by atoms with Crippen LogP contribution in [-0.2, 0) is 21.9 Å². The molecule has 1 aliphatic rings. The van der Waals surface area contributed by atoms with Gasteiger partial charge in [-0.05, 0) is 19.8 Å². The molecule has 0 bridgehead atoms. The zero-order chi connectivity index (χ0) is 15.0. The second-order valence-electron chi connectivity index (χ2n) is 5.40. The van der Waals surface area contributed by atoms with Crippen LogP contribution in [0.5, 0.6) is 0 Å². The van der Waals surface area contributed by atoms with E-state index < -0.39 is 21.5 Å². The van der Waals surface area contributed by atoms with Crippen molar-refractivity contribution in [2.24, 2.45) is 7.05 Å². The van der Waals surface area contributed by atoms with Crippen molar-refractivity contribution in [2.75, 3.05) is 0 Å². The quantitative estimate of drug-likeness (QED) is 0.837. The molecule has 8 heteroatoms. The first-order valence-electron chi connectivity index (χ1n) is 6.50. The molecule has 1 fully saturated rings. The molecule has 1 heterocycles. The molecule has 2 N–H and O–H groups in total. The Bertz CT molecular complexity index is 595. The van der Waals surface area contributed by atoms with Crippen LogP contribution in [0.3, 0.4) is 0 Å². The highest BCUT2D eigenvalue weighted by Crippen LogP contribution is 2.34. The molecule has 112 valence electrons. The van der Waals surface area contributed by atoms with Crippen LogP contribution in [0.25, 0.3) is 0 Å². The Morgan fingerprint density at radius 1 is 1.50 bits per heavy atom. The number of hydrogen-bond donors (Lipinski definition) is 2. The maximum atomic E-state index is 12.4. The van der Waals surface area contributed by atoms with E-state index in [1.165, 1.54) is 6.20 Å². The molecule has 0 spiro atoms. The van der Waals surface area contributed by atoms with E-state index in [4.69, 9.17) is 5.11 Å². The van der Waals surface area contributed by atoms with Gasteiger partial charge in [0.15, 0.2) is 5.03 Å². The number of aliphatic carboxylic acids is 1. The van der Waals surface area contributed by atoms with Gasteiger partial charge in [0.1, 0.15) is 5.82 Å². The van der Waals surface area contributed by atoms with Gasteiger partial charge in [-0.3, -0.25) is 4.79 Å². The predicted molar refractivity (Wildman–Crippen MR) is 71.7 cm³/mol. The first-order chi connectivity index (χ1) is 9.24. The summed E-state index contributed by atoms with van der Waals surface area (Å²) in [5, 5.41) is 8.94. The molecule has 20 heavy (non-hydrogen) atoms. The summed E-state index contributed by atoms with van der Waals surface area (Å²) < 4.78 is 28.9. The summed E-state index contributed by atoms with van der Waals surface area (Å²) in [5.41, 5.74) is -0.879. The largest absolute Gasteiger partial charge is 0.481 e. The van der Waals surface area contributed by atoms with Gasteiger partial charge in [-0.15, -0.1) is 0 Å². The monoisotopic (exact) mass is 301 g/mol. The van der Waals surface area contributed by atoms with Crippen LogP contribution < -0.4 is 4.72 Å². The smallest absolute Gasteiger partial charge is 0.305 e. The second-order valence-corrected chi connectivity index (χ2v) is 7.03. The molecular weight excluding hydrogens is 282 g/mol. The standard InChI is InChI=1S/C12H19N3O4S/c1-9-13-10(8-15(9)2)20(18,19)14-12(7-11(16)17)5-3-4-6-12/h8,14H,3-7H2,1-2H3,(H,16,17). The van der Waals surface area contributed by atoms with E-state index >= 15 is 0 Å². The number of imidazole rings is 1. The van der Waals surface area contributed by atoms with Crippen LogP contribution in [-0.4, -0.2) is 34.6 Å². The topological polar surface area (TPSA) is 101 Å². The number of hydrogen-bond acceptors (Lipinski definition) is 4. The minimum Gasteiger partial charge on any atom is -0.481 e. The Balaban J connectivity index is 2.27. The summed E-state index contributed by atoms with van der Waals surface area (Å²) in [7, 11) is -2.08. The van der Waals surface area contributed by atoms with Gasteiger partial charge in [0, 0.05) is 18.8 Å². The van der Waals surface area contributed by atoms with Crippen molar-refractivity contribution in [1.29, 1.82) is 0 Å². The minimum absolute atomic E-state index is 0.0610. The molecule has 0 unspecified atom stereocenters. The number of carboxylic acid groups (broad SMARTS) is 1. The van der Waals surface area contributed by atoms with Gasteiger partial charge >= 0.3 is 5.97 Å². The van der Waals surface area contributed by atoms with Crippen molar-refractivity contribution in [3.8, 4) is 0 Å². The number of nitrogens with zero attached hydrogens (tertiary/aromatic N) is 2. The Hall–Kier alpha value is -1.41. The van der Waals surface area contributed by atoms with Crippen LogP contribution in [0, 0.1) is 6.92 Å². The maximum absolute atomic E-state index is 12.4. The molecule has 0 aromatic carbocycles. The highest BCUT2D eigenvalue weighted by molar-refractivity contribution is 7.89. The van der Waals surface area contributed by atoms with Gasteiger partial charge in [0.2, 0.25) is 0 Å². The van der Waals surface area contributed by atoms with Gasteiger partial charge in [0.05, 0.1) is 6.42 Å². The maximum Gasteiger partial charge on any atom is 0.305 e. The second kappa shape index (κ2) is 5.17. The molecule has 1 aromatic heterocycles. The van der Waals surface area contributed by atoms with Gasteiger partial charge in [-0.1, -0.05) is 12.8 Å². The van der Waals surface area contributed by atoms with E-state index in [0.29, 0.717) is 18.7 Å². The molecule has 2 rings (SSSR count). The fourth-order valence-electron chi connectivity index (χ4n) is 2.65. The highest BCUT2D eigenvalue weighted by Gasteiger charge is 2.40. The summed E-state index contributed by atoms with van der Waals surface area (Å²) in [5.74, 6) is -0.407. The Morgan fingerprint density at radius 3 is 2.55 bits per heavy atom. The van der Waals surface area contributed by atoms with Crippen LogP contribution in [0.2, 0.25) is 0 Å². The summed E-state index contributed by atoms with van der Waals surface area (Å²) in [4.78, 5) is 15.0. The number of aromatic nitrogens is 2. The van der Waals surface area contributed by atoms with E-state index in [0.717, 1.165) is 12.8 Å². The molecule has 0 saturated heterocycles. The molecule has 1 saturated carbocycles. The van der Waals surface area contributed by atoms with E-state index in [9.17, 15) is 13.2 Å². The normalized spacial score (nSPS) is 18.3. The van der Waals surface area contributed by atoms with E-state index in [1.54, 1.807) is 18.5 Å². The number of carboxylic acids is 1. The number of rotatable bonds is 5. The third kappa shape index (κ3) is 3.01. The first-order valence-corrected chi connectivity index (χ1v) is 7.98. The lowest BCUT2D eigenvalue weighted by Crippen LogP contribution is -2.47. The fourth-order valence-corrected chi connectivity index (χ4v) is 4.15. The van der Waals surface area contributed by atoms with Crippen LogP contribution in [0.15, 0.2) is 11.2 Å². The average molecular weight is 301 g/mol. The van der Waals surface area contributed by atoms with Crippen LogP contribution in [0.1, 0.15) is 37.9 Å². The lowest BCUT2D eigenvalue weighted by atomic mass is 9.95. The zero-order valence-corrected chi connectivity index (χ0v) is 12.4. The lowest BCUT2D eigenvalue weighted by Gasteiger charge is -2.27. The Morgan fingerprint density at radius 2 is 2.10 bits per heavy atom. The summed E-state index contributed by atoms with van der Waals surface area (Å²) in [6.45, 7) is 1.71. The third-order valence-corrected chi connectivity index (χ3v) is 5.21. The Kier molecular flexibility index (Phi) is 3.88. The first kappa shape index (κ1) is 15.0. The van der Waals surface area contributed by atoms with E-state index in [1.807, 2.05) is 0 Å².